The minimum absolute atomic E-state index is 0.569. The smallest absolute Gasteiger partial charge is 0.135 e. The molecule has 114 valence electrons. The van der Waals surface area contributed by atoms with Gasteiger partial charge in [0, 0.05) is 25.0 Å². The fourth-order valence-corrected chi connectivity index (χ4v) is 2.96. The summed E-state index contributed by atoms with van der Waals surface area (Å²) in [7, 11) is 2.06. The molecule has 1 saturated heterocycles. The van der Waals surface area contributed by atoms with E-state index in [4.69, 9.17) is 4.42 Å². The summed E-state index contributed by atoms with van der Waals surface area (Å²) in [6, 6.07) is 9.81. The van der Waals surface area contributed by atoms with Gasteiger partial charge in [-0.05, 0) is 45.1 Å². The van der Waals surface area contributed by atoms with E-state index in [0.717, 1.165) is 24.1 Å². The molecule has 2 heterocycles. The molecule has 1 atom stereocenters. The SMILES string of the molecule is CN(CCN1CCCC1)CC(O)c1cc2ccccc2o1. The topological polar surface area (TPSA) is 39.9 Å². The summed E-state index contributed by atoms with van der Waals surface area (Å²) >= 11 is 0. The number of likely N-dealkylation sites (N-methyl/N-ethyl adjacent to an activating group) is 1. The fourth-order valence-electron chi connectivity index (χ4n) is 2.96. The first-order valence-electron chi connectivity index (χ1n) is 7.80. The summed E-state index contributed by atoms with van der Waals surface area (Å²) in [6.07, 6.45) is 2.08. The van der Waals surface area contributed by atoms with E-state index in [9.17, 15) is 5.11 Å². The van der Waals surface area contributed by atoms with Crippen molar-refractivity contribution in [2.75, 3.05) is 39.8 Å². The van der Waals surface area contributed by atoms with Crippen LogP contribution in [-0.4, -0.2) is 54.7 Å². The third-order valence-corrected chi connectivity index (χ3v) is 4.25. The number of likely N-dealkylation sites (tertiary alicyclic amines) is 1. The molecule has 0 spiro atoms. The molecule has 0 saturated carbocycles. The Labute approximate surface area is 125 Å². The van der Waals surface area contributed by atoms with Crippen LogP contribution in [0.2, 0.25) is 0 Å². The van der Waals surface area contributed by atoms with E-state index in [2.05, 4.69) is 16.8 Å². The first-order chi connectivity index (χ1) is 10.2. The van der Waals surface area contributed by atoms with Crippen molar-refractivity contribution in [1.82, 2.24) is 9.80 Å². The van der Waals surface area contributed by atoms with Gasteiger partial charge in [0.15, 0.2) is 0 Å². The number of fused-ring (bicyclic) bond motifs is 1. The average molecular weight is 288 g/mol. The molecule has 0 aliphatic carbocycles. The second kappa shape index (κ2) is 6.60. The molecule has 0 bridgehead atoms. The Bertz CT molecular complexity index is 542. The quantitative estimate of drug-likeness (QED) is 0.886. The van der Waals surface area contributed by atoms with E-state index in [1.54, 1.807) is 0 Å². The van der Waals surface area contributed by atoms with E-state index in [0.29, 0.717) is 12.3 Å². The normalized spacial score (nSPS) is 17.9. The number of furan rings is 1. The average Bonchev–Trinajstić information content (AvgIpc) is 3.14. The van der Waals surface area contributed by atoms with Gasteiger partial charge in [0.1, 0.15) is 17.4 Å². The molecule has 1 aliphatic heterocycles. The van der Waals surface area contributed by atoms with Crippen LogP contribution in [0, 0.1) is 0 Å². The van der Waals surface area contributed by atoms with Crippen LogP contribution in [0.4, 0.5) is 0 Å². The molecule has 4 nitrogen and oxygen atoms in total. The van der Waals surface area contributed by atoms with Crippen LogP contribution in [0.1, 0.15) is 24.7 Å². The van der Waals surface area contributed by atoms with Crippen molar-refractivity contribution in [2.24, 2.45) is 0 Å². The van der Waals surface area contributed by atoms with Gasteiger partial charge >= 0.3 is 0 Å². The number of para-hydroxylation sites is 1. The predicted molar refractivity (Wildman–Crippen MR) is 84.3 cm³/mol. The molecule has 1 N–H and O–H groups in total. The molecule has 21 heavy (non-hydrogen) atoms. The summed E-state index contributed by atoms with van der Waals surface area (Å²) in [5, 5.41) is 11.4. The largest absolute Gasteiger partial charge is 0.458 e. The van der Waals surface area contributed by atoms with Crippen molar-refractivity contribution >= 4 is 11.0 Å². The van der Waals surface area contributed by atoms with E-state index < -0.39 is 6.10 Å². The number of aliphatic hydroxyl groups is 1. The molecule has 2 aromatic rings. The maximum Gasteiger partial charge on any atom is 0.135 e. The van der Waals surface area contributed by atoms with Gasteiger partial charge in [-0.25, -0.2) is 0 Å². The number of rotatable bonds is 6. The standard InChI is InChI=1S/C17H24N2O2/c1-18(10-11-19-8-4-5-9-19)13-15(20)17-12-14-6-2-3-7-16(14)21-17/h2-3,6-7,12,15,20H,4-5,8-11,13H2,1H3. The minimum Gasteiger partial charge on any atom is -0.458 e. The van der Waals surface area contributed by atoms with E-state index >= 15 is 0 Å². The molecule has 0 amide bonds. The van der Waals surface area contributed by atoms with Crippen LogP contribution in [0.25, 0.3) is 11.0 Å². The third-order valence-electron chi connectivity index (χ3n) is 4.25. The van der Waals surface area contributed by atoms with Gasteiger partial charge < -0.3 is 19.3 Å². The third kappa shape index (κ3) is 3.64. The van der Waals surface area contributed by atoms with Crippen molar-refractivity contribution in [3.8, 4) is 0 Å². The lowest BCUT2D eigenvalue weighted by atomic mass is 10.2. The van der Waals surface area contributed by atoms with Gasteiger partial charge in [0.25, 0.3) is 0 Å². The van der Waals surface area contributed by atoms with Crippen LogP contribution in [0.3, 0.4) is 0 Å². The van der Waals surface area contributed by atoms with Gasteiger partial charge in [-0.2, -0.15) is 0 Å². The van der Waals surface area contributed by atoms with Crippen molar-refractivity contribution in [1.29, 1.82) is 0 Å². The molecule has 1 aliphatic rings. The van der Waals surface area contributed by atoms with Crippen molar-refractivity contribution in [2.45, 2.75) is 18.9 Å². The van der Waals surface area contributed by atoms with Gasteiger partial charge in [-0.3, -0.25) is 0 Å². The Hall–Kier alpha value is -1.36. The van der Waals surface area contributed by atoms with Gasteiger partial charge in [0.2, 0.25) is 0 Å². The molecule has 1 unspecified atom stereocenters. The highest BCUT2D eigenvalue weighted by Gasteiger charge is 2.17. The Balaban J connectivity index is 1.53. The molecule has 4 heteroatoms. The highest BCUT2D eigenvalue weighted by molar-refractivity contribution is 5.77. The van der Waals surface area contributed by atoms with E-state index in [-0.39, 0.29) is 0 Å². The summed E-state index contributed by atoms with van der Waals surface area (Å²) in [6.45, 7) is 5.12. The highest BCUT2D eigenvalue weighted by atomic mass is 16.4. The van der Waals surface area contributed by atoms with Crippen LogP contribution in [0.5, 0.6) is 0 Å². The minimum atomic E-state index is -0.569. The van der Waals surface area contributed by atoms with Crippen LogP contribution >= 0.6 is 0 Å². The Morgan fingerprint density at radius 2 is 2.05 bits per heavy atom. The van der Waals surface area contributed by atoms with Crippen molar-refractivity contribution in [3.63, 3.8) is 0 Å². The molecular weight excluding hydrogens is 264 g/mol. The lowest BCUT2D eigenvalue weighted by Gasteiger charge is -2.22. The highest BCUT2D eigenvalue weighted by Crippen LogP contribution is 2.24. The number of aliphatic hydroxyl groups excluding tert-OH is 1. The fraction of sp³-hybridized carbons (Fsp3) is 0.529. The second-order valence-electron chi connectivity index (χ2n) is 6.01. The number of benzene rings is 1. The molecule has 1 fully saturated rings. The Morgan fingerprint density at radius 1 is 1.29 bits per heavy atom. The number of hydrogen-bond acceptors (Lipinski definition) is 4. The van der Waals surface area contributed by atoms with Crippen LogP contribution in [-0.2, 0) is 0 Å². The van der Waals surface area contributed by atoms with Crippen molar-refractivity contribution < 1.29 is 9.52 Å². The zero-order valence-electron chi connectivity index (χ0n) is 12.7. The second-order valence-corrected chi connectivity index (χ2v) is 6.01. The first-order valence-corrected chi connectivity index (χ1v) is 7.80. The summed E-state index contributed by atoms with van der Waals surface area (Å²) < 4.78 is 5.72. The lowest BCUT2D eigenvalue weighted by Crippen LogP contribution is -2.33. The molecule has 1 aromatic heterocycles. The van der Waals surface area contributed by atoms with E-state index in [1.165, 1.54) is 25.9 Å². The first kappa shape index (κ1) is 14.6. The predicted octanol–water partition coefficient (Wildman–Crippen LogP) is 2.49. The zero-order chi connectivity index (χ0) is 14.7. The zero-order valence-corrected chi connectivity index (χ0v) is 12.7. The molecule has 0 radical (unpaired) electrons. The van der Waals surface area contributed by atoms with Gasteiger partial charge in [-0.15, -0.1) is 0 Å². The Kier molecular flexibility index (Phi) is 4.58. The lowest BCUT2D eigenvalue weighted by molar-refractivity contribution is 0.103. The molecular formula is C17H24N2O2. The maximum absolute atomic E-state index is 10.3. The maximum atomic E-state index is 10.3. The van der Waals surface area contributed by atoms with Crippen LogP contribution in [0.15, 0.2) is 34.7 Å². The molecule has 3 rings (SSSR count). The van der Waals surface area contributed by atoms with Gasteiger partial charge in [-0.1, -0.05) is 18.2 Å². The summed E-state index contributed by atoms with van der Waals surface area (Å²) in [4.78, 5) is 4.67. The van der Waals surface area contributed by atoms with Crippen molar-refractivity contribution in [3.05, 3.63) is 36.1 Å². The Morgan fingerprint density at radius 3 is 2.81 bits per heavy atom. The van der Waals surface area contributed by atoms with E-state index in [1.807, 2.05) is 30.3 Å². The summed E-state index contributed by atoms with van der Waals surface area (Å²) in [5.41, 5.74) is 0.839. The van der Waals surface area contributed by atoms with Gasteiger partial charge in [0.05, 0.1) is 0 Å². The summed E-state index contributed by atoms with van der Waals surface area (Å²) in [5.74, 6) is 0.657. The number of hydrogen-bond donors (Lipinski definition) is 1. The number of nitrogens with zero attached hydrogens (tertiary/aromatic N) is 2. The monoisotopic (exact) mass is 288 g/mol. The molecule has 1 aromatic carbocycles. The van der Waals surface area contributed by atoms with Crippen LogP contribution < -0.4 is 0 Å².